The van der Waals surface area contributed by atoms with Crippen molar-refractivity contribution in [2.24, 2.45) is 0 Å². The minimum atomic E-state index is 0.351. The minimum absolute atomic E-state index is 0.351. The van der Waals surface area contributed by atoms with Gasteiger partial charge in [0.1, 0.15) is 5.82 Å². The van der Waals surface area contributed by atoms with E-state index >= 15 is 0 Å². The summed E-state index contributed by atoms with van der Waals surface area (Å²) in [5.74, 6) is 0.836. The van der Waals surface area contributed by atoms with Gasteiger partial charge in [0.2, 0.25) is 0 Å². The zero-order valence-corrected chi connectivity index (χ0v) is 9.04. The van der Waals surface area contributed by atoms with Gasteiger partial charge >= 0.3 is 0 Å². The third-order valence-electron chi connectivity index (χ3n) is 2.11. The molecule has 1 atom stereocenters. The van der Waals surface area contributed by atoms with E-state index in [1.807, 2.05) is 19.9 Å². The van der Waals surface area contributed by atoms with Gasteiger partial charge < -0.3 is 5.32 Å². The first-order valence-corrected chi connectivity index (χ1v) is 4.81. The van der Waals surface area contributed by atoms with Crippen LogP contribution in [0.3, 0.4) is 0 Å². The molecule has 14 heavy (non-hydrogen) atoms. The molecule has 1 aromatic rings. The van der Waals surface area contributed by atoms with E-state index in [2.05, 4.69) is 28.8 Å². The maximum atomic E-state index is 4.39. The van der Waals surface area contributed by atoms with Crippen molar-refractivity contribution < 1.29 is 0 Å². The number of nitrogens with one attached hydrogen (secondary N) is 1. The molecule has 0 saturated carbocycles. The van der Waals surface area contributed by atoms with Crippen LogP contribution in [0.25, 0.3) is 0 Å². The van der Waals surface area contributed by atoms with Crippen LogP contribution in [0.2, 0.25) is 0 Å². The number of rotatable bonds is 4. The fourth-order valence-electron chi connectivity index (χ4n) is 1.17. The molecule has 1 heterocycles. The van der Waals surface area contributed by atoms with Crippen molar-refractivity contribution in [3.05, 3.63) is 30.2 Å². The molecule has 0 spiro atoms. The molecule has 0 aromatic carbocycles. The second-order valence-electron chi connectivity index (χ2n) is 3.50. The quantitative estimate of drug-likeness (QED) is 0.743. The van der Waals surface area contributed by atoms with E-state index in [1.54, 1.807) is 6.20 Å². The van der Waals surface area contributed by atoms with E-state index in [0.717, 1.165) is 23.6 Å². The number of nitrogens with zero attached hydrogens (tertiary/aromatic N) is 2. The van der Waals surface area contributed by atoms with E-state index in [0.29, 0.717) is 6.04 Å². The Balaban J connectivity index is 2.67. The lowest BCUT2D eigenvalue weighted by atomic mass is 10.2. The summed E-state index contributed by atoms with van der Waals surface area (Å²) in [4.78, 5) is 8.63. The lowest BCUT2D eigenvalue weighted by Crippen LogP contribution is -2.15. The molecule has 0 aliphatic heterocycles. The summed E-state index contributed by atoms with van der Waals surface area (Å²) in [6.07, 6.45) is 4.59. The van der Waals surface area contributed by atoms with E-state index in [-0.39, 0.29) is 0 Å². The molecule has 0 amide bonds. The number of anilines is 1. The zero-order valence-electron chi connectivity index (χ0n) is 9.04. The average Bonchev–Trinajstić information content (AvgIpc) is 2.12. The fraction of sp³-hybridized carbons (Fsp3) is 0.455. The summed E-state index contributed by atoms with van der Waals surface area (Å²) in [5.41, 5.74) is 1.95. The highest BCUT2D eigenvalue weighted by Gasteiger charge is 2.02. The lowest BCUT2D eigenvalue weighted by Gasteiger charge is -2.12. The Morgan fingerprint density at radius 1 is 1.50 bits per heavy atom. The molecule has 0 saturated heterocycles. The monoisotopic (exact) mass is 191 g/mol. The van der Waals surface area contributed by atoms with Crippen molar-refractivity contribution in [2.45, 2.75) is 33.2 Å². The summed E-state index contributed by atoms with van der Waals surface area (Å²) < 4.78 is 0. The number of hydrogen-bond acceptors (Lipinski definition) is 3. The van der Waals surface area contributed by atoms with Gasteiger partial charge in [-0.1, -0.05) is 6.08 Å². The zero-order chi connectivity index (χ0) is 10.6. The Labute approximate surface area is 85.3 Å². The molecule has 1 rings (SSSR count). The smallest absolute Gasteiger partial charge is 0.145 e. The molecular formula is C11H17N3. The van der Waals surface area contributed by atoms with E-state index < -0.39 is 0 Å². The maximum absolute atomic E-state index is 4.39. The normalized spacial score (nSPS) is 12.2. The van der Waals surface area contributed by atoms with Crippen molar-refractivity contribution in [1.29, 1.82) is 0 Å². The summed E-state index contributed by atoms with van der Waals surface area (Å²) in [6.45, 7) is 9.72. The van der Waals surface area contributed by atoms with Crippen molar-refractivity contribution in [3.63, 3.8) is 0 Å². The molecule has 1 N–H and O–H groups in total. The minimum Gasteiger partial charge on any atom is -0.366 e. The van der Waals surface area contributed by atoms with E-state index in [9.17, 15) is 0 Å². The third-order valence-corrected chi connectivity index (χ3v) is 2.11. The van der Waals surface area contributed by atoms with Crippen molar-refractivity contribution >= 4 is 5.82 Å². The molecule has 0 aliphatic rings. The maximum Gasteiger partial charge on any atom is 0.145 e. The first-order chi connectivity index (χ1) is 6.63. The summed E-state index contributed by atoms with van der Waals surface area (Å²) >= 11 is 0. The molecule has 0 fully saturated rings. The Hall–Kier alpha value is -1.38. The van der Waals surface area contributed by atoms with Crippen LogP contribution in [0, 0.1) is 13.8 Å². The van der Waals surface area contributed by atoms with Gasteiger partial charge in [-0.2, -0.15) is 0 Å². The Kier molecular flexibility index (Phi) is 3.63. The largest absolute Gasteiger partial charge is 0.366 e. The molecule has 76 valence electrons. The van der Waals surface area contributed by atoms with Crippen LogP contribution in [0.15, 0.2) is 18.9 Å². The standard InChI is InChI=1S/C11H17N3/c1-5-6-8(2)13-11-7-12-9(3)10(4)14-11/h5,7-8H,1,6H2,2-4H3,(H,13,14). The molecule has 3 nitrogen and oxygen atoms in total. The van der Waals surface area contributed by atoms with Crippen molar-refractivity contribution in [2.75, 3.05) is 5.32 Å². The van der Waals surface area contributed by atoms with Crippen LogP contribution in [-0.2, 0) is 0 Å². The van der Waals surface area contributed by atoms with Gasteiger partial charge in [0.15, 0.2) is 0 Å². The SMILES string of the molecule is C=CCC(C)Nc1cnc(C)c(C)n1. The molecule has 0 bridgehead atoms. The van der Waals surface area contributed by atoms with Gasteiger partial charge in [0, 0.05) is 6.04 Å². The van der Waals surface area contributed by atoms with Crippen LogP contribution < -0.4 is 5.32 Å². The Bertz CT molecular complexity index is 320. The second-order valence-corrected chi connectivity index (χ2v) is 3.50. The van der Waals surface area contributed by atoms with Crippen LogP contribution >= 0.6 is 0 Å². The average molecular weight is 191 g/mol. The Morgan fingerprint density at radius 3 is 2.79 bits per heavy atom. The van der Waals surface area contributed by atoms with Gasteiger partial charge in [-0.15, -0.1) is 6.58 Å². The van der Waals surface area contributed by atoms with Gasteiger partial charge in [0.25, 0.3) is 0 Å². The highest BCUT2D eigenvalue weighted by molar-refractivity contribution is 5.34. The van der Waals surface area contributed by atoms with Crippen molar-refractivity contribution in [1.82, 2.24) is 9.97 Å². The van der Waals surface area contributed by atoms with Gasteiger partial charge in [0.05, 0.1) is 17.6 Å². The van der Waals surface area contributed by atoms with Gasteiger partial charge in [-0.3, -0.25) is 4.98 Å². The molecule has 1 unspecified atom stereocenters. The molecule has 0 radical (unpaired) electrons. The highest BCUT2D eigenvalue weighted by atomic mass is 15.0. The second kappa shape index (κ2) is 4.74. The van der Waals surface area contributed by atoms with Crippen LogP contribution in [0.4, 0.5) is 5.82 Å². The molecular weight excluding hydrogens is 174 g/mol. The van der Waals surface area contributed by atoms with E-state index in [1.165, 1.54) is 0 Å². The van der Waals surface area contributed by atoms with Crippen LogP contribution in [-0.4, -0.2) is 16.0 Å². The van der Waals surface area contributed by atoms with E-state index in [4.69, 9.17) is 0 Å². The predicted octanol–water partition coefficient (Wildman–Crippen LogP) is 2.47. The first-order valence-electron chi connectivity index (χ1n) is 4.81. The first kappa shape index (κ1) is 10.7. The van der Waals surface area contributed by atoms with Crippen LogP contribution in [0.5, 0.6) is 0 Å². The van der Waals surface area contributed by atoms with Crippen LogP contribution in [0.1, 0.15) is 24.7 Å². The number of aryl methyl sites for hydroxylation is 2. The highest BCUT2D eigenvalue weighted by Crippen LogP contribution is 2.08. The molecule has 3 heteroatoms. The lowest BCUT2D eigenvalue weighted by molar-refractivity contribution is 0.803. The third kappa shape index (κ3) is 2.83. The topological polar surface area (TPSA) is 37.8 Å². The fourth-order valence-corrected chi connectivity index (χ4v) is 1.17. The summed E-state index contributed by atoms with van der Waals surface area (Å²) in [5, 5.41) is 3.27. The molecule has 1 aromatic heterocycles. The van der Waals surface area contributed by atoms with Gasteiger partial charge in [-0.05, 0) is 27.2 Å². The Morgan fingerprint density at radius 2 is 2.21 bits per heavy atom. The predicted molar refractivity (Wildman–Crippen MR) is 59.4 cm³/mol. The van der Waals surface area contributed by atoms with Gasteiger partial charge in [-0.25, -0.2) is 4.98 Å². The number of aromatic nitrogens is 2. The summed E-state index contributed by atoms with van der Waals surface area (Å²) in [7, 11) is 0. The molecule has 0 aliphatic carbocycles. The van der Waals surface area contributed by atoms with Crippen molar-refractivity contribution in [3.8, 4) is 0 Å². The number of hydrogen-bond donors (Lipinski definition) is 1. The summed E-state index contributed by atoms with van der Waals surface area (Å²) in [6, 6.07) is 0.351.